The summed E-state index contributed by atoms with van der Waals surface area (Å²) in [6, 6.07) is 0. The summed E-state index contributed by atoms with van der Waals surface area (Å²) in [4.78, 5) is 15.0. The number of primary amides is 1. The van der Waals surface area contributed by atoms with E-state index in [1.807, 2.05) is 0 Å². The highest BCUT2D eigenvalue weighted by Crippen LogP contribution is 2.35. The Kier molecular flexibility index (Phi) is 4.90. The second-order valence-electron chi connectivity index (χ2n) is 5.24. The van der Waals surface area contributed by atoms with E-state index in [1.165, 1.54) is 19.3 Å². The van der Waals surface area contributed by atoms with Crippen molar-refractivity contribution in [2.24, 2.45) is 11.7 Å². The highest BCUT2D eigenvalue weighted by molar-refractivity contribution is 5.75. The summed E-state index contributed by atoms with van der Waals surface area (Å²) < 4.78 is 5.18. The molecule has 0 bridgehead atoms. The first-order valence-corrected chi connectivity index (χ1v) is 7.00. The number of aromatic nitrogens is 2. The van der Waals surface area contributed by atoms with Crippen LogP contribution >= 0.6 is 0 Å². The molecule has 1 amide bonds. The number of nitrogens with one attached hydrogen (secondary N) is 1. The number of hydrogen-bond donors (Lipinski definition) is 2. The zero-order chi connectivity index (χ0) is 13.7. The number of hydrogen-bond acceptors (Lipinski definition) is 5. The summed E-state index contributed by atoms with van der Waals surface area (Å²) in [5.41, 5.74) is 5.04. The number of carbonyl (C=O) groups excluding carboxylic acids is 1. The molecule has 0 unspecified atom stereocenters. The van der Waals surface area contributed by atoms with Crippen molar-refractivity contribution < 1.29 is 9.32 Å². The molecular formula is C13H22N4O2. The predicted molar refractivity (Wildman–Crippen MR) is 70.2 cm³/mol. The van der Waals surface area contributed by atoms with Crippen LogP contribution in [0.1, 0.15) is 56.7 Å². The molecule has 1 saturated carbocycles. The van der Waals surface area contributed by atoms with E-state index in [-0.39, 0.29) is 6.54 Å². The van der Waals surface area contributed by atoms with Crippen LogP contribution in [0.4, 0.5) is 0 Å². The molecule has 0 atom stereocenters. The van der Waals surface area contributed by atoms with E-state index in [0.717, 1.165) is 24.6 Å². The maximum absolute atomic E-state index is 10.6. The van der Waals surface area contributed by atoms with Crippen LogP contribution in [0.15, 0.2) is 4.52 Å². The van der Waals surface area contributed by atoms with E-state index < -0.39 is 5.91 Å². The highest BCUT2D eigenvalue weighted by atomic mass is 16.5. The lowest BCUT2D eigenvalue weighted by atomic mass is 9.80. The van der Waals surface area contributed by atoms with Gasteiger partial charge in [-0.3, -0.25) is 10.1 Å². The molecule has 1 aromatic rings. The largest absolute Gasteiger partial charge is 0.369 e. The standard InChI is InChI=1S/C13H22N4O2/c1-2-9-3-5-10(6-4-9)13-16-12(19-17-13)8-15-7-11(14)18/h9-10,15H,2-8H2,1H3,(H2,14,18). The lowest BCUT2D eigenvalue weighted by Gasteiger charge is -2.25. The minimum absolute atomic E-state index is 0.124. The van der Waals surface area contributed by atoms with Crippen molar-refractivity contribution in [1.29, 1.82) is 0 Å². The first-order chi connectivity index (χ1) is 9.19. The van der Waals surface area contributed by atoms with Gasteiger partial charge >= 0.3 is 0 Å². The van der Waals surface area contributed by atoms with E-state index in [2.05, 4.69) is 22.4 Å². The molecule has 3 N–H and O–H groups in total. The molecule has 6 heteroatoms. The van der Waals surface area contributed by atoms with Gasteiger partial charge in [0.2, 0.25) is 11.8 Å². The lowest BCUT2D eigenvalue weighted by Crippen LogP contribution is -2.28. The van der Waals surface area contributed by atoms with Crippen LogP contribution in [-0.2, 0) is 11.3 Å². The minimum atomic E-state index is -0.391. The summed E-state index contributed by atoms with van der Waals surface area (Å²) in [5.74, 6) is 2.23. The van der Waals surface area contributed by atoms with Gasteiger partial charge in [-0.2, -0.15) is 4.98 Å². The Hall–Kier alpha value is -1.43. The van der Waals surface area contributed by atoms with Crippen molar-refractivity contribution in [1.82, 2.24) is 15.5 Å². The quantitative estimate of drug-likeness (QED) is 0.810. The zero-order valence-electron chi connectivity index (χ0n) is 11.4. The molecule has 0 aliphatic heterocycles. The van der Waals surface area contributed by atoms with E-state index in [4.69, 9.17) is 10.3 Å². The van der Waals surface area contributed by atoms with Crippen molar-refractivity contribution in [2.75, 3.05) is 6.54 Å². The van der Waals surface area contributed by atoms with Crippen LogP contribution in [0, 0.1) is 5.92 Å². The summed E-state index contributed by atoms with van der Waals surface area (Å²) in [6.07, 6.45) is 6.07. The van der Waals surface area contributed by atoms with Gasteiger partial charge in [-0.15, -0.1) is 0 Å². The number of nitrogens with two attached hydrogens (primary N) is 1. The van der Waals surface area contributed by atoms with Crippen LogP contribution in [-0.4, -0.2) is 22.6 Å². The molecular weight excluding hydrogens is 244 g/mol. The smallest absolute Gasteiger partial charge is 0.240 e. The van der Waals surface area contributed by atoms with Gasteiger partial charge in [0.1, 0.15) is 0 Å². The monoisotopic (exact) mass is 266 g/mol. The number of rotatable bonds is 6. The second kappa shape index (κ2) is 6.65. The molecule has 106 valence electrons. The third-order valence-electron chi connectivity index (χ3n) is 3.85. The second-order valence-corrected chi connectivity index (χ2v) is 5.24. The van der Waals surface area contributed by atoms with Gasteiger partial charge in [0.05, 0.1) is 13.1 Å². The first kappa shape index (κ1) is 14.0. The molecule has 1 fully saturated rings. The van der Waals surface area contributed by atoms with Gasteiger partial charge in [0, 0.05) is 5.92 Å². The predicted octanol–water partition coefficient (Wildman–Crippen LogP) is 1.33. The van der Waals surface area contributed by atoms with Crippen molar-refractivity contribution in [2.45, 2.75) is 51.5 Å². The molecule has 1 heterocycles. The zero-order valence-corrected chi connectivity index (χ0v) is 11.4. The van der Waals surface area contributed by atoms with E-state index in [1.54, 1.807) is 0 Å². The normalized spacial score (nSPS) is 23.4. The van der Waals surface area contributed by atoms with Gasteiger partial charge in [0.25, 0.3) is 0 Å². The SMILES string of the molecule is CCC1CCC(c2noc(CNCC(N)=O)n2)CC1. The van der Waals surface area contributed by atoms with Crippen LogP contribution in [0.25, 0.3) is 0 Å². The third kappa shape index (κ3) is 4.02. The van der Waals surface area contributed by atoms with Gasteiger partial charge in [-0.25, -0.2) is 0 Å². The van der Waals surface area contributed by atoms with Crippen LogP contribution in [0.5, 0.6) is 0 Å². The Labute approximate surface area is 113 Å². The lowest BCUT2D eigenvalue weighted by molar-refractivity contribution is -0.117. The van der Waals surface area contributed by atoms with Crippen molar-refractivity contribution in [3.8, 4) is 0 Å². The molecule has 6 nitrogen and oxygen atoms in total. The van der Waals surface area contributed by atoms with Crippen molar-refractivity contribution in [3.63, 3.8) is 0 Å². The Morgan fingerprint density at radius 3 is 2.79 bits per heavy atom. The van der Waals surface area contributed by atoms with Crippen LogP contribution in [0.3, 0.4) is 0 Å². The fourth-order valence-corrected chi connectivity index (χ4v) is 2.63. The summed E-state index contributed by atoms with van der Waals surface area (Å²) >= 11 is 0. The van der Waals surface area contributed by atoms with Crippen molar-refractivity contribution in [3.05, 3.63) is 11.7 Å². The van der Waals surface area contributed by atoms with E-state index in [0.29, 0.717) is 18.4 Å². The molecule has 1 aliphatic carbocycles. The summed E-state index contributed by atoms with van der Waals surface area (Å²) in [6.45, 7) is 2.77. The maximum atomic E-state index is 10.6. The number of amides is 1. The Morgan fingerprint density at radius 1 is 1.42 bits per heavy atom. The van der Waals surface area contributed by atoms with Crippen LogP contribution < -0.4 is 11.1 Å². The number of carbonyl (C=O) groups is 1. The summed E-state index contributed by atoms with van der Waals surface area (Å²) in [7, 11) is 0. The molecule has 19 heavy (non-hydrogen) atoms. The average Bonchev–Trinajstić information content (AvgIpc) is 2.87. The number of nitrogens with zero attached hydrogens (tertiary/aromatic N) is 2. The first-order valence-electron chi connectivity index (χ1n) is 7.00. The molecule has 0 saturated heterocycles. The van der Waals surface area contributed by atoms with E-state index in [9.17, 15) is 4.79 Å². The Bertz CT molecular complexity index is 411. The molecule has 0 radical (unpaired) electrons. The Balaban J connectivity index is 1.82. The fraction of sp³-hybridized carbons (Fsp3) is 0.769. The topological polar surface area (TPSA) is 94.0 Å². The fourth-order valence-electron chi connectivity index (χ4n) is 2.63. The summed E-state index contributed by atoms with van der Waals surface area (Å²) in [5, 5.41) is 6.91. The molecule has 1 aromatic heterocycles. The molecule has 1 aliphatic rings. The maximum Gasteiger partial charge on any atom is 0.240 e. The van der Waals surface area contributed by atoms with Gasteiger partial charge in [-0.1, -0.05) is 18.5 Å². The molecule has 0 spiro atoms. The van der Waals surface area contributed by atoms with Gasteiger partial charge < -0.3 is 10.3 Å². The Morgan fingerprint density at radius 2 is 2.16 bits per heavy atom. The third-order valence-corrected chi connectivity index (χ3v) is 3.85. The van der Waals surface area contributed by atoms with E-state index >= 15 is 0 Å². The molecule has 2 rings (SSSR count). The van der Waals surface area contributed by atoms with Gasteiger partial charge in [-0.05, 0) is 31.6 Å². The van der Waals surface area contributed by atoms with Crippen molar-refractivity contribution >= 4 is 5.91 Å². The molecule has 0 aromatic carbocycles. The highest BCUT2D eigenvalue weighted by Gasteiger charge is 2.24. The minimum Gasteiger partial charge on any atom is -0.369 e. The average molecular weight is 266 g/mol. The van der Waals surface area contributed by atoms with Gasteiger partial charge in [0.15, 0.2) is 5.82 Å². The van der Waals surface area contributed by atoms with Crippen LogP contribution in [0.2, 0.25) is 0 Å².